The maximum absolute atomic E-state index is 13.0. The summed E-state index contributed by atoms with van der Waals surface area (Å²) in [6, 6.07) is 13.2. The molecule has 0 fully saturated rings. The third-order valence-electron chi connectivity index (χ3n) is 4.75. The van der Waals surface area contributed by atoms with E-state index in [4.69, 9.17) is 0 Å². The Labute approximate surface area is 165 Å². The van der Waals surface area contributed by atoms with E-state index >= 15 is 0 Å². The van der Waals surface area contributed by atoms with Crippen LogP contribution in [0.3, 0.4) is 0 Å². The van der Waals surface area contributed by atoms with Gasteiger partial charge in [-0.3, -0.25) is 9.59 Å². The lowest BCUT2D eigenvalue weighted by Crippen LogP contribution is -2.46. The molecule has 0 aliphatic rings. The molecule has 3 N–H and O–H groups in total. The van der Waals surface area contributed by atoms with Crippen LogP contribution in [0, 0.1) is 19.8 Å². The fraction of sp³-hybridized carbons (Fsp3) is 0.304. The van der Waals surface area contributed by atoms with Crippen molar-refractivity contribution in [3.05, 3.63) is 65.4 Å². The normalized spacial score (nSPS) is 12.2. The number of carbonyl (C=O) groups excluding carboxylic acids is 2. The standard InChI is InChI=1S/C23H27N3O2/c1-14(2)22(27)26-21(12-17-13-24-20-8-6-5-7-19(17)20)23(28)25-18-10-15(3)9-16(4)11-18/h5-11,13-14,21,24H,12H2,1-4H3,(H,25,28)(H,26,27). The number of benzene rings is 2. The number of rotatable bonds is 6. The predicted molar refractivity (Wildman–Crippen MR) is 113 cm³/mol. The van der Waals surface area contributed by atoms with Gasteiger partial charge in [0.1, 0.15) is 6.04 Å². The molecule has 0 aliphatic carbocycles. The number of anilines is 1. The largest absolute Gasteiger partial charge is 0.361 e. The molecular weight excluding hydrogens is 350 g/mol. The lowest BCUT2D eigenvalue weighted by Gasteiger charge is -2.20. The summed E-state index contributed by atoms with van der Waals surface area (Å²) in [6.45, 7) is 7.62. The molecule has 3 rings (SSSR count). The van der Waals surface area contributed by atoms with Gasteiger partial charge in [-0.05, 0) is 48.7 Å². The van der Waals surface area contributed by atoms with Crippen molar-refractivity contribution in [2.45, 2.75) is 40.2 Å². The van der Waals surface area contributed by atoms with Gasteiger partial charge in [0.25, 0.3) is 0 Å². The highest BCUT2D eigenvalue weighted by molar-refractivity contribution is 5.98. The first-order valence-corrected chi connectivity index (χ1v) is 9.58. The van der Waals surface area contributed by atoms with Gasteiger partial charge in [0, 0.05) is 35.1 Å². The molecule has 0 saturated carbocycles. The summed E-state index contributed by atoms with van der Waals surface area (Å²) in [5.74, 6) is -0.552. The van der Waals surface area contributed by atoms with E-state index in [2.05, 4.69) is 21.7 Å². The molecule has 2 amide bonds. The van der Waals surface area contributed by atoms with E-state index in [1.54, 1.807) is 0 Å². The minimum atomic E-state index is -0.657. The highest BCUT2D eigenvalue weighted by atomic mass is 16.2. The fourth-order valence-corrected chi connectivity index (χ4v) is 3.34. The number of amides is 2. The summed E-state index contributed by atoms with van der Waals surface area (Å²) in [6.07, 6.45) is 2.32. The highest BCUT2D eigenvalue weighted by Crippen LogP contribution is 2.20. The maximum Gasteiger partial charge on any atom is 0.247 e. The number of nitrogens with one attached hydrogen (secondary N) is 3. The van der Waals surface area contributed by atoms with Crippen LogP contribution in [-0.4, -0.2) is 22.8 Å². The Morgan fingerprint density at radius 1 is 1.00 bits per heavy atom. The average Bonchev–Trinajstić information content (AvgIpc) is 3.03. The third-order valence-corrected chi connectivity index (χ3v) is 4.75. The maximum atomic E-state index is 13.0. The third kappa shape index (κ3) is 4.60. The minimum absolute atomic E-state index is 0.139. The van der Waals surface area contributed by atoms with Crippen LogP contribution in [0.5, 0.6) is 0 Å². The van der Waals surface area contributed by atoms with Gasteiger partial charge in [-0.2, -0.15) is 0 Å². The Morgan fingerprint density at radius 3 is 2.36 bits per heavy atom. The number of hydrogen-bond donors (Lipinski definition) is 3. The van der Waals surface area contributed by atoms with Crippen LogP contribution in [0.4, 0.5) is 5.69 Å². The van der Waals surface area contributed by atoms with Crippen molar-refractivity contribution in [2.75, 3.05) is 5.32 Å². The molecule has 1 aromatic heterocycles. The second-order valence-corrected chi connectivity index (χ2v) is 7.65. The van der Waals surface area contributed by atoms with Crippen molar-refractivity contribution in [1.29, 1.82) is 0 Å². The van der Waals surface area contributed by atoms with Crippen LogP contribution in [0.1, 0.15) is 30.5 Å². The van der Waals surface area contributed by atoms with Crippen molar-refractivity contribution in [3.63, 3.8) is 0 Å². The SMILES string of the molecule is Cc1cc(C)cc(NC(=O)C(Cc2c[nH]c3ccccc23)NC(=O)C(C)C)c1. The first-order valence-electron chi connectivity index (χ1n) is 9.58. The molecule has 0 aliphatic heterocycles. The van der Waals surface area contributed by atoms with Gasteiger partial charge >= 0.3 is 0 Å². The number of para-hydroxylation sites is 1. The van der Waals surface area contributed by atoms with Gasteiger partial charge in [0.05, 0.1) is 0 Å². The summed E-state index contributed by atoms with van der Waals surface area (Å²) in [5, 5.41) is 6.93. The minimum Gasteiger partial charge on any atom is -0.361 e. The molecule has 3 aromatic rings. The molecule has 1 heterocycles. The highest BCUT2D eigenvalue weighted by Gasteiger charge is 2.24. The van der Waals surface area contributed by atoms with E-state index in [-0.39, 0.29) is 17.7 Å². The Kier molecular flexibility index (Phi) is 5.83. The monoisotopic (exact) mass is 377 g/mol. The summed E-state index contributed by atoms with van der Waals surface area (Å²) in [7, 11) is 0. The molecule has 0 spiro atoms. The number of aromatic nitrogens is 1. The average molecular weight is 377 g/mol. The predicted octanol–water partition coefficient (Wildman–Crippen LogP) is 4.11. The van der Waals surface area contributed by atoms with E-state index in [0.29, 0.717) is 6.42 Å². The van der Waals surface area contributed by atoms with Crippen LogP contribution in [0.25, 0.3) is 10.9 Å². The van der Waals surface area contributed by atoms with E-state index < -0.39 is 6.04 Å². The van der Waals surface area contributed by atoms with Crippen molar-refractivity contribution in [2.24, 2.45) is 5.92 Å². The van der Waals surface area contributed by atoms with Crippen LogP contribution in [0.2, 0.25) is 0 Å². The molecule has 0 bridgehead atoms. The van der Waals surface area contributed by atoms with E-state index in [0.717, 1.165) is 33.3 Å². The zero-order valence-electron chi connectivity index (χ0n) is 16.8. The summed E-state index contributed by atoms with van der Waals surface area (Å²) in [4.78, 5) is 28.6. The fourth-order valence-electron chi connectivity index (χ4n) is 3.34. The van der Waals surface area contributed by atoms with Crippen molar-refractivity contribution >= 4 is 28.4 Å². The Hall–Kier alpha value is -3.08. The van der Waals surface area contributed by atoms with E-state index in [9.17, 15) is 9.59 Å². The van der Waals surface area contributed by atoms with Gasteiger partial charge in [-0.25, -0.2) is 0 Å². The van der Waals surface area contributed by atoms with E-state index in [1.807, 2.05) is 70.3 Å². The quantitative estimate of drug-likeness (QED) is 0.605. The number of aromatic amines is 1. The Bertz CT molecular complexity index is 984. The van der Waals surface area contributed by atoms with Gasteiger partial charge in [-0.15, -0.1) is 0 Å². The number of carbonyl (C=O) groups is 2. The van der Waals surface area contributed by atoms with Gasteiger partial charge < -0.3 is 15.6 Å². The van der Waals surface area contributed by atoms with Crippen molar-refractivity contribution in [1.82, 2.24) is 10.3 Å². The molecule has 28 heavy (non-hydrogen) atoms. The number of hydrogen-bond acceptors (Lipinski definition) is 2. The second-order valence-electron chi connectivity index (χ2n) is 7.65. The number of aryl methyl sites for hydroxylation is 2. The summed E-state index contributed by atoms with van der Waals surface area (Å²) < 4.78 is 0. The lowest BCUT2D eigenvalue weighted by atomic mass is 10.0. The van der Waals surface area contributed by atoms with Gasteiger partial charge in [-0.1, -0.05) is 38.1 Å². The Balaban J connectivity index is 1.85. The molecule has 0 radical (unpaired) electrons. The van der Waals surface area contributed by atoms with Crippen molar-refractivity contribution < 1.29 is 9.59 Å². The first-order chi connectivity index (χ1) is 13.3. The van der Waals surface area contributed by atoms with Crippen LogP contribution >= 0.6 is 0 Å². The van der Waals surface area contributed by atoms with Crippen molar-refractivity contribution in [3.8, 4) is 0 Å². The molecule has 1 unspecified atom stereocenters. The van der Waals surface area contributed by atoms with Crippen LogP contribution in [-0.2, 0) is 16.0 Å². The van der Waals surface area contributed by atoms with E-state index in [1.165, 1.54) is 0 Å². The Morgan fingerprint density at radius 2 is 1.68 bits per heavy atom. The number of H-pyrrole nitrogens is 1. The second kappa shape index (κ2) is 8.30. The smallest absolute Gasteiger partial charge is 0.247 e. The molecule has 146 valence electrons. The zero-order chi connectivity index (χ0) is 20.3. The number of fused-ring (bicyclic) bond motifs is 1. The first kappa shape index (κ1) is 19.7. The van der Waals surface area contributed by atoms with Gasteiger partial charge in [0.2, 0.25) is 11.8 Å². The molecule has 5 heteroatoms. The zero-order valence-corrected chi connectivity index (χ0v) is 16.8. The van der Waals surface area contributed by atoms with Crippen LogP contribution < -0.4 is 10.6 Å². The summed E-state index contributed by atoms with van der Waals surface area (Å²) >= 11 is 0. The topological polar surface area (TPSA) is 74.0 Å². The molecular formula is C23H27N3O2. The summed E-state index contributed by atoms with van der Waals surface area (Å²) in [5.41, 5.74) is 4.91. The molecule has 1 atom stereocenters. The lowest BCUT2D eigenvalue weighted by molar-refractivity contribution is -0.128. The van der Waals surface area contributed by atoms with Gasteiger partial charge in [0.15, 0.2) is 0 Å². The molecule has 2 aromatic carbocycles. The van der Waals surface area contributed by atoms with Crippen LogP contribution in [0.15, 0.2) is 48.7 Å². The molecule has 5 nitrogen and oxygen atoms in total. The molecule has 0 saturated heterocycles.